The average Bonchev–Trinajstić information content (AvgIpc) is 3.02. The molecule has 1 aromatic carbocycles. The molecule has 0 amide bonds. The molecule has 1 fully saturated rings. The standard InChI is InChI=1S/C12H16BrNO/c1-2-15-11-4-3-9(7-10(11)13)12(8-14)5-6-12/h3-4,7H,2,5-6,8,14H2,1H3. The Morgan fingerprint density at radius 3 is 2.67 bits per heavy atom. The van der Waals surface area contributed by atoms with Crippen LogP contribution in [-0.2, 0) is 5.41 Å². The minimum Gasteiger partial charge on any atom is -0.493 e. The molecule has 0 aliphatic heterocycles. The number of ether oxygens (including phenoxy) is 1. The van der Waals surface area contributed by atoms with Crippen LogP contribution in [-0.4, -0.2) is 13.2 Å². The summed E-state index contributed by atoms with van der Waals surface area (Å²) in [5.41, 5.74) is 7.39. The van der Waals surface area contributed by atoms with Gasteiger partial charge < -0.3 is 10.5 Å². The van der Waals surface area contributed by atoms with Crippen LogP contribution >= 0.6 is 15.9 Å². The summed E-state index contributed by atoms with van der Waals surface area (Å²) in [6.45, 7) is 3.43. The molecule has 0 atom stereocenters. The van der Waals surface area contributed by atoms with E-state index in [0.717, 1.165) is 16.8 Å². The number of rotatable bonds is 4. The fourth-order valence-corrected chi connectivity index (χ4v) is 2.36. The maximum absolute atomic E-state index is 5.80. The minimum atomic E-state index is 0.257. The summed E-state index contributed by atoms with van der Waals surface area (Å²) in [4.78, 5) is 0. The first kappa shape index (κ1) is 11.0. The van der Waals surface area contributed by atoms with Crippen molar-refractivity contribution in [2.75, 3.05) is 13.2 Å². The lowest BCUT2D eigenvalue weighted by Crippen LogP contribution is -2.19. The van der Waals surface area contributed by atoms with Crippen molar-refractivity contribution in [2.45, 2.75) is 25.2 Å². The molecule has 0 radical (unpaired) electrons. The molecule has 1 saturated carbocycles. The number of halogens is 1. The molecule has 0 spiro atoms. The summed E-state index contributed by atoms with van der Waals surface area (Å²) >= 11 is 3.53. The average molecular weight is 270 g/mol. The number of nitrogens with two attached hydrogens (primary N) is 1. The fraction of sp³-hybridized carbons (Fsp3) is 0.500. The summed E-state index contributed by atoms with van der Waals surface area (Å²) in [7, 11) is 0. The summed E-state index contributed by atoms with van der Waals surface area (Å²) in [5, 5.41) is 0. The summed E-state index contributed by atoms with van der Waals surface area (Å²) in [5.74, 6) is 0.911. The zero-order valence-electron chi connectivity index (χ0n) is 8.92. The van der Waals surface area contributed by atoms with Gasteiger partial charge in [-0.1, -0.05) is 6.07 Å². The van der Waals surface area contributed by atoms with E-state index in [2.05, 4.69) is 28.1 Å². The molecule has 2 nitrogen and oxygen atoms in total. The first-order chi connectivity index (χ1) is 7.22. The maximum Gasteiger partial charge on any atom is 0.133 e. The lowest BCUT2D eigenvalue weighted by molar-refractivity contribution is 0.338. The molecular weight excluding hydrogens is 254 g/mol. The van der Waals surface area contributed by atoms with Crippen LogP contribution in [0.15, 0.2) is 22.7 Å². The van der Waals surface area contributed by atoms with Crippen LogP contribution in [0.5, 0.6) is 5.75 Å². The van der Waals surface area contributed by atoms with Crippen molar-refractivity contribution in [3.8, 4) is 5.75 Å². The molecule has 2 N–H and O–H groups in total. The molecule has 3 heteroatoms. The topological polar surface area (TPSA) is 35.2 Å². The number of hydrogen-bond acceptors (Lipinski definition) is 2. The van der Waals surface area contributed by atoms with Gasteiger partial charge in [0, 0.05) is 12.0 Å². The Bertz CT molecular complexity index is 361. The largest absolute Gasteiger partial charge is 0.493 e. The van der Waals surface area contributed by atoms with Crippen molar-refractivity contribution in [2.24, 2.45) is 5.73 Å². The van der Waals surface area contributed by atoms with Gasteiger partial charge in [0.15, 0.2) is 0 Å². The molecule has 1 aliphatic carbocycles. The Morgan fingerprint density at radius 2 is 2.20 bits per heavy atom. The summed E-state index contributed by atoms with van der Waals surface area (Å²) in [6.07, 6.45) is 2.42. The van der Waals surface area contributed by atoms with Crippen LogP contribution in [0.1, 0.15) is 25.3 Å². The predicted molar refractivity (Wildman–Crippen MR) is 65.3 cm³/mol. The normalized spacial score (nSPS) is 17.5. The van der Waals surface area contributed by atoms with Crippen molar-refractivity contribution >= 4 is 15.9 Å². The van der Waals surface area contributed by atoms with E-state index in [1.54, 1.807) is 0 Å². The van der Waals surface area contributed by atoms with Crippen LogP contribution in [0.3, 0.4) is 0 Å². The highest BCUT2D eigenvalue weighted by molar-refractivity contribution is 9.10. The molecule has 2 rings (SSSR count). The van der Waals surface area contributed by atoms with Gasteiger partial charge in [-0.15, -0.1) is 0 Å². The Hall–Kier alpha value is -0.540. The van der Waals surface area contributed by atoms with Gasteiger partial charge >= 0.3 is 0 Å². The van der Waals surface area contributed by atoms with Crippen molar-refractivity contribution in [1.82, 2.24) is 0 Å². The van der Waals surface area contributed by atoms with Gasteiger partial charge in [-0.05, 0) is 53.4 Å². The van der Waals surface area contributed by atoms with Crippen LogP contribution in [0.2, 0.25) is 0 Å². The molecule has 0 saturated heterocycles. The highest BCUT2D eigenvalue weighted by Gasteiger charge is 2.42. The highest BCUT2D eigenvalue weighted by atomic mass is 79.9. The van der Waals surface area contributed by atoms with Crippen LogP contribution in [0.4, 0.5) is 0 Å². The first-order valence-corrected chi connectivity index (χ1v) is 6.14. The van der Waals surface area contributed by atoms with Crippen LogP contribution in [0, 0.1) is 0 Å². The third-order valence-corrected chi connectivity index (χ3v) is 3.71. The van der Waals surface area contributed by atoms with Crippen molar-refractivity contribution < 1.29 is 4.74 Å². The Kier molecular flexibility index (Phi) is 3.03. The van der Waals surface area contributed by atoms with Crippen molar-refractivity contribution in [1.29, 1.82) is 0 Å². The molecule has 0 heterocycles. The zero-order valence-corrected chi connectivity index (χ0v) is 10.5. The predicted octanol–water partition coefficient (Wildman–Crippen LogP) is 2.84. The van der Waals surface area contributed by atoms with Gasteiger partial charge in [-0.2, -0.15) is 0 Å². The molecule has 82 valence electrons. The smallest absolute Gasteiger partial charge is 0.133 e. The molecular formula is C12H16BrNO. The second-order valence-corrected chi connectivity index (χ2v) is 4.92. The Balaban J connectivity index is 2.25. The highest BCUT2D eigenvalue weighted by Crippen LogP contribution is 2.48. The maximum atomic E-state index is 5.80. The Morgan fingerprint density at radius 1 is 1.47 bits per heavy atom. The van der Waals surface area contributed by atoms with Gasteiger partial charge in [0.2, 0.25) is 0 Å². The van der Waals surface area contributed by atoms with Crippen LogP contribution in [0.25, 0.3) is 0 Å². The van der Waals surface area contributed by atoms with E-state index in [9.17, 15) is 0 Å². The number of benzene rings is 1. The first-order valence-electron chi connectivity index (χ1n) is 5.35. The summed E-state index contributed by atoms with van der Waals surface area (Å²) < 4.78 is 6.51. The SMILES string of the molecule is CCOc1ccc(C2(CN)CC2)cc1Br. The lowest BCUT2D eigenvalue weighted by Gasteiger charge is -2.14. The second kappa shape index (κ2) is 4.14. The second-order valence-electron chi connectivity index (χ2n) is 4.06. The van der Waals surface area contributed by atoms with Gasteiger partial charge in [0.05, 0.1) is 11.1 Å². The Labute approximate surface area is 98.9 Å². The van der Waals surface area contributed by atoms with E-state index in [1.165, 1.54) is 18.4 Å². The van der Waals surface area contributed by atoms with Gasteiger partial charge in [0.1, 0.15) is 5.75 Å². The lowest BCUT2D eigenvalue weighted by atomic mass is 9.96. The quantitative estimate of drug-likeness (QED) is 0.913. The third-order valence-electron chi connectivity index (χ3n) is 3.09. The van der Waals surface area contributed by atoms with Crippen molar-refractivity contribution in [3.05, 3.63) is 28.2 Å². The van der Waals surface area contributed by atoms with E-state index in [1.807, 2.05) is 13.0 Å². The molecule has 15 heavy (non-hydrogen) atoms. The van der Waals surface area contributed by atoms with Gasteiger partial charge in [-0.25, -0.2) is 0 Å². The van der Waals surface area contributed by atoms with E-state index in [-0.39, 0.29) is 5.41 Å². The summed E-state index contributed by atoms with van der Waals surface area (Å²) in [6, 6.07) is 6.30. The van der Waals surface area contributed by atoms with E-state index in [4.69, 9.17) is 10.5 Å². The van der Waals surface area contributed by atoms with Gasteiger partial charge in [-0.3, -0.25) is 0 Å². The third kappa shape index (κ3) is 2.04. The molecule has 0 bridgehead atoms. The molecule has 1 aromatic rings. The zero-order chi connectivity index (χ0) is 10.9. The molecule has 0 aromatic heterocycles. The van der Waals surface area contributed by atoms with Crippen molar-refractivity contribution in [3.63, 3.8) is 0 Å². The van der Waals surface area contributed by atoms with E-state index < -0.39 is 0 Å². The fourth-order valence-electron chi connectivity index (χ4n) is 1.86. The van der Waals surface area contributed by atoms with E-state index >= 15 is 0 Å². The monoisotopic (exact) mass is 269 g/mol. The minimum absolute atomic E-state index is 0.257. The van der Waals surface area contributed by atoms with E-state index in [0.29, 0.717) is 6.61 Å². The van der Waals surface area contributed by atoms with Crippen LogP contribution < -0.4 is 10.5 Å². The van der Waals surface area contributed by atoms with Gasteiger partial charge in [0.25, 0.3) is 0 Å². The molecule has 0 unspecified atom stereocenters. The molecule has 1 aliphatic rings. The number of hydrogen-bond donors (Lipinski definition) is 1.